The van der Waals surface area contributed by atoms with E-state index in [2.05, 4.69) is 0 Å². The van der Waals surface area contributed by atoms with E-state index < -0.39 is 5.97 Å². The number of hydrogen-bond acceptors (Lipinski definition) is 2. The van der Waals surface area contributed by atoms with Gasteiger partial charge in [0.25, 0.3) is 5.97 Å². The van der Waals surface area contributed by atoms with Crippen molar-refractivity contribution in [2.45, 2.75) is 6.92 Å². The zero-order chi connectivity index (χ0) is 9.56. The van der Waals surface area contributed by atoms with Crippen molar-refractivity contribution >= 4 is 17.6 Å². The number of hydrogen-bond donors (Lipinski definition) is 2. The first kappa shape index (κ1) is 10.8. The number of benzene rings is 1. The lowest BCUT2D eigenvalue weighted by molar-refractivity contribution is -0.134. The topological polar surface area (TPSA) is 57.5 Å². The maximum Gasteiger partial charge on any atom is 0.300 e. The van der Waals surface area contributed by atoms with Crippen LogP contribution in [0.5, 0.6) is 5.75 Å². The van der Waals surface area contributed by atoms with E-state index in [-0.39, 0.29) is 5.75 Å². The second-order valence-corrected chi connectivity index (χ2v) is 2.38. The van der Waals surface area contributed by atoms with Crippen molar-refractivity contribution < 1.29 is 15.0 Å². The van der Waals surface area contributed by atoms with E-state index in [4.69, 9.17) is 26.6 Å². The Labute approximate surface area is 75.2 Å². The van der Waals surface area contributed by atoms with Crippen molar-refractivity contribution in [3.05, 3.63) is 29.3 Å². The summed E-state index contributed by atoms with van der Waals surface area (Å²) in [7, 11) is 0. The second-order valence-electron chi connectivity index (χ2n) is 1.97. The van der Waals surface area contributed by atoms with Crippen LogP contribution in [-0.4, -0.2) is 16.2 Å². The third-order valence-corrected chi connectivity index (χ3v) is 1.17. The minimum atomic E-state index is -0.833. The molecule has 0 amide bonds. The number of carbonyl (C=O) groups is 1. The molecule has 4 heteroatoms. The summed E-state index contributed by atoms with van der Waals surface area (Å²) in [5, 5.41) is 16.6. The van der Waals surface area contributed by atoms with Crippen molar-refractivity contribution in [3.63, 3.8) is 0 Å². The van der Waals surface area contributed by atoms with Crippen LogP contribution < -0.4 is 0 Å². The van der Waals surface area contributed by atoms with E-state index in [1.165, 1.54) is 0 Å². The Bertz CT molecular complexity index is 235. The first-order chi connectivity index (χ1) is 5.54. The fourth-order valence-electron chi connectivity index (χ4n) is 0.452. The predicted octanol–water partition coefficient (Wildman–Crippen LogP) is 2.14. The first-order valence-electron chi connectivity index (χ1n) is 3.17. The molecule has 0 aromatic heterocycles. The van der Waals surface area contributed by atoms with Crippen LogP contribution in [0.4, 0.5) is 0 Å². The van der Waals surface area contributed by atoms with Crippen LogP contribution >= 0.6 is 11.6 Å². The molecular formula is C8H9ClO3. The van der Waals surface area contributed by atoms with Gasteiger partial charge in [0, 0.05) is 6.92 Å². The van der Waals surface area contributed by atoms with Crippen LogP contribution in [0, 0.1) is 0 Å². The van der Waals surface area contributed by atoms with Crippen molar-refractivity contribution in [3.8, 4) is 5.75 Å². The number of phenols is 1. The van der Waals surface area contributed by atoms with Crippen molar-refractivity contribution in [2.24, 2.45) is 0 Å². The molecule has 0 unspecified atom stereocenters. The molecule has 0 saturated carbocycles. The molecule has 0 aliphatic heterocycles. The summed E-state index contributed by atoms with van der Waals surface area (Å²) < 4.78 is 0. The van der Waals surface area contributed by atoms with Gasteiger partial charge in [0.1, 0.15) is 5.75 Å². The van der Waals surface area contributed by atoms with E-state index in [9.17, 15) is 0 Å². The molecule has 1 aromatic rings. The Morgan fingerprint density at radius 3 is 2.08 bits per heavy atom. The molecule has 2 N–H and O–H groups in total. The average Bonchev–Trinajstić information content (AvgIpc) is 1.94. The third-order valence-electron chi connectivity index (χ3n) is 0.852. The number of aliphatic carboxylic acids is 1. The van der Waals surface area contributed by atoms with E-state index in [0.717, 1.165) is 6.92 Å². The Balaban J connectivity index is 0.000000261. The number of phenolic OH excluding ortho intramolecular Hbond substituents is 1. The molecule has 0 saturated heterocycles. The molecule has 12 heavy (non-hydrogen) atoms. The van der Waals surface area contributed by atoms with Gasteiger partial charge in [-0.1, -0.05) is 23.7 Å². The van der Waals surface area contributed by atoms with E-state index in [1.807, 2.05) is 0 Å². The molecule has 0 bridgehead atoms. The lowest BCUT2D eigenvalue weighted by Gasteiger charge is -1.89. The molecule has 0 aliphatic carbocycles. The maximum atomic E-state index is 9.00. The number of rotatable bonds is 0. The van der Waals surface area contributed by atoms with Crippen LogP contribution in [0.25, 0.3) is 0 Å². The van der Waals surface area contributed by atoms with E-state index >= 15 is 0 Å². The normalized spacial score (nSPS) is 8.17. The minimum Gasteiger partial charge on any atom is -0.506 e. The zero-order valence-corrected chi connectivity index (χ0v) is 7.25. The molecule has 0 fully saturated rings. The van der Waals surface area contributed by atoms with Gasteiger partial charge in [-0.2, -0.15) is 0 Å². The molecule has 66 valence electrons. The smallest absolute Gasteiger partial charge is 0.300 e. The fourth-order valence-corrected chi connectivity index (χ4v) is 0.587. The van der Waals surface area contributed by atoms with E-state index in [1.54, 1.807) is 24.3 Å². The molecule has 1 rings (SSSR count). The number of carboxylic acids is 1. The predicted molar refractivity (Wildman–Crippen MR) is 46.4 cm³/mol. The van der Waals surface area contributed by atoms with Gasteiger partial charge in [-0.3, -0.25) is 4.79 Å². The highest BCUT2D eigenvalue weighted by Crippen LogP contribution is 2.20. The van der Waals surface area contributed by atoms with Gasteiger partial charge in [0.15, 0.2) is 0 Å². The summed E-state index contributed by atoms with van der Waals surface area (Å²) in [6.07, 6.45) is 0. The highest BCUT2D eigenvalue weighted by Gasteiger charge is 1.89. The molecular weight excluding hydrogens is 180 g/mol. The number of aromatic hydroxyl groups is 1. The molecule has 0 atom stereocenters. The lowest BCUT2D eigenvalue weighted by Crippen LogP contribution is -1.78. The third kappa shape index (κ3) is 5.56. The Hall–Kier alpha value is -1.22. The van der Waals surface area contributed by atoms with E-state index in [0.29, 0.717) is 5.02 Å². The summed E-state index contributed by atoms with van der Waals surface area (Å²) >= 11 is 5.46. The Morgan fingerprint density at radius 2 is 1.83 bits per heavy atom. The van der Waals surface area contributed by atoms with Gasteiger partial charge in [-0.25, -0.2) is 0 Å². The fraction of sp³-hybridized carbons (Fsp3) is 0.125. The van der Waals surface area contributed by atoms with Crippen LogP contribution in [0.2, 0.25) is 5.02 Å². The van der Waals surface area contributed by atoms with Crippen LogP contribution in [-0.2, 0) is 4.79 Å². The molecule has 0 heterocycles. The number of halogens is 1. The number of para-hydroxylation sites is 1. The van der Waals surface area contributed by atoms with Crippen LogP contribution in [0.15, 0.2) is 24.3 Å². The summed E-state index contributed by atoms with van der Waals surface area (Å²) in [4.78, 5) is 9.00. The average molecular weight is 189 g/mol. The van der Waals surface area contributed by atoms with Gasteiger partial charge < -0.3 is 10.2 Å². The highest BCUT2D eigenvalue weighted by molar-refractivity contribution is 6.31. The molecule has 0 radical (unpaired) electrons. The number of carboxylic acid groups (broad SMARTS) is 1. The largest absolute Gasteiger partial charge is 0.506 e. The second kappa shape index (κ2) is 5.43. The maximum absolute atomic E-state index is 9.00. The van der Waals surface area contributed by atoms with Gasteiger partial charge in [0.2, 0.25) is 0 Å². The first-order valence-corrected chi connectivity index (χ1v) is 3.55. The minimum absolute atomic E-state index is 0.133. The van der Waals surface area contributed by atoms with Gasteiger partial charge in [-0.05, 0) is 12.1 Å². The Morgan fingerprint density at radius 1 is 1.42 bits per heavy atom. The monoisotopic (exact) mass is 188 g/mol. The molecule has 1 aromatic carbocycles. The van der Waals surface area contributed by atoms with Crippen molar-refractivity contribution in [1.82, 2.24) is 0 Å². The summed E-state index contributed by atoms with van der Waals surface area (Å²) in [6, 6.07) is 6.67. The van der Waals surface area contributed by atoms with Crippen molar-refractivity contribution in [2.75, 3.05) is 0 Å². The van der Waals surface area contributed by atoms with Crippen LogP contribution in [0.1, 0.15) is 6.92 Å². The zero-order valence-electron chi connectivity index (χ0n) is 6.49. The van der Waals surface area contributed by atoms with Gasteiger partial charge in [-0.15, -0.1) is 0 Å². The summed E-state index contributed by atoms with van der Waals surface area (Å²) in [5.74, 6) is -0.700. The molecule has 0 spiro atoms. The van der Waals surface area contributed by atoms with Crippen LogP contribution in [0.3, 0.4) is 0 Å². The standard InChI is InChI=1S/C6H5ClO.C2H4O2/c7-5-3-1-2-4-6(5)8;1-2(3)4/h1-4,8H;1H3,(H,3,4). The van der Waals surface area contributed by atoms with Crippen molar-refractivity contribution in [1.29, 1.82) is 0 Å². The Kier molecular flexibility index (Phi) is 4.88. The quantitative estimate of drug-likeness (QED) is 0.656. The molecule has 3 nitrogen and oxygen atoms in total. The highest BCUT2D eigenvalue weighted by atomic mass is 35.5. The summed E-state index contributed by atoms with van der Waals surface area (Å²) in [5.41, 5.74) is 0. The SMILES string of the molecule is CC(=O)O.Oc1ccccc1Cl. The lowest BCUT2D eigenvalue weighted by atomic mass is 10.3. The summed E-state index contributed by atoms with van der Waals surface area (Å²) in [6.45, 7) is 1.08. The van der Waals surface area contributed by atoms with Gasteiger partial charge >= 0.3 is 0 Å². The molecule has 0 aliphatic rings. The van der Waals surface area contributed by atoms with Gasteiger partial charge in [0.05, 0.1) is 5.02 Å².